The molecule has 1 aromatic rings. The fraction of sp³-hybridized carbons (Fsp3) is 0.500. The molecule has 2 rings (SSSR count). The van der Waals surface area contributed by atoms with E-state index in [1.165, 1.54) is 6.07 Å². The van der Waals surface area contributed by atoms with E-state index in [0.29, 0.717) is 18.4 Å². The van der Waals surface area contributed by atoms with Crippen molar-refractivity contribution in [3.63, 3.8) is 0 Å². The van der Waals surface area contributed by atoms with Gasteiger partial charge in [-0.05, 0) is 30.5 Å². The first-order valence-corrected chi connectivity index (χ1v) is 5.49. The van der Waals surface area contributed by atoms with E-state index in [0.717, 1.165) is 25.0 Å². The minimum atomic E-state index is -4.67. The lowest BCUT2D eigenvalue weighted by molar-refractivity contribution is -0.140. The minimum Gasteiger partial charge on any atom is -0.321 e. The first-order valence-electron chi connectivity index (χ1n) is 5.49. The second-order valence-corrected chi connectivity index (χ2v) is 4.56. The third kappa shape index (κ3) is 2.29. The maximum absolute atomic E-state index is 13.1. The van der Waals surface area contributed by atoms with Crippen LogP contribution in [-0.4, -0.2) is 0 Å². The van der Waals surface area contributed by atoms with Crippen LogP contribution in [0.4, 0.5) is 17.6 Å². The van der Waals surface area contributed by atoms with Gasteiger partial charge in [-0.15, -0.1) is 0 Å². The van der Waals surface area contributed by atoms with Crippen LogP contribution < -0.4 is 5.73 Å². The van der Waals surface area contributed by atoms with Crippen LogP contribution in [0.5, 0.6) is 0 Å². The smallest absolute Gasteiger partial charge is 0.321 e. The van der Waals surface area contributed by atoms with Crippen molar-refractivity contribution in [2.75, 3.05) is 0 Å². The van der Waals surface area contributed by atoms with Crippen LogP contribution in [0.25, 0.3) is 0 Å². The maximum Gasteiger partial charge on any atom is 0.419 e. The van der Waals surface area contributed by atoms with E-state index in [9.17, 15) is 17.6 Å². The number of halogens is 4. The summed E-state index contributed by atoms with van der Waals surface area (Å²) in [5, 5.41) is 0. The second kappa shape index (κ2) is 3.98. The van der Waals surface area contributed by atoms with Crippen molar-refractivity contribution in [2.24, 2.45) is 5.73 Å². The number of rotatable bonds is 1. The monoisotopic (exact) mass is 247 g/mol. The van der Waals surface area contributed by atoms with Gasteiger partial charge < -0.3 is 5.73 Å². The molecule has 0 unspecified atom stereocenters. The van der Waals surface area contributed by atoms with E-state index in [4.69, 9.17) is 5.73 Å². The summed E-state index contributed by atoms with van der Waals surface area (Å²) in [6.45, 7) is 0. The molecule has 0 aliphatic heterocycles. The average molecular weight is 247 g/mol. The van der Waals surface area contributed by atoms with E-state index >= 15 is 0 Å². The minimum absolute atomic E-state index is 0.378. The van der Waals surface area contributed by atoms with Crippen LogP contribution >= 0.6 is 0 Å². The topological polar surface area (TPSA) is 26.0 Å². The van der Waals surface area contributed by atoms with E-state index in [1.54, 1.807) is 0 Å². The Morgan fingerprint density at radius 2 is 1.71 bits per heavy atom. The molecule has 0 bridgehead atoms. The zero-order valence-corrected chi connectivity index (χ0v) is 9.15. The van der Waals surface area contributed by atoms with Gasteiger partial charge in [0.15, 0.2) is 0 Å². The van der Waals surface area contributed by atoms with Gasteiger partial charge in [0.05, 0.1) is 5.56 Å². The van der Waals surface area contributed by atoms with Gasteiger partial charge in [0.25, 0.3) is 0 Å². The van der Waals surface area contributed by atoms with E-state index in [-0.39, 0.29) is 0 Å². The first kappa shape index (κ1) is 12.4. The molecule has 0 aromatic heterocycles. The number of benzene rings is 1. The molecule has 0 spiro atoms. The molecule has 0 amide bonds. The summed E-state index contributed by atoms with van der Waals surface area (Å²) >= 11 is 0. The highest BCUT2D eigenvalue weighted by Gasteiger charge is 2.37. The quantitative estimate of drug-likeness (QED) is 0.754. The third-order valence-corrected chi connectivity index (χ3v) is 3.34. The summed E-state index contributed by atoms with van der Waals surface area (Å²) in [6, 6.07) is 3.06. The standard InChI is InChI=1S/C12H13F4N/c13-10-4-3-8(7-9(10)12(14,15)16)11(17)5-1-2-6-11/h3-4,7H,1-2,5-6,17H2. The lowest BCUT2D eigenvalue weighted by Crippen LogP contribution is -2.33. The summed E-state index contributed by atoms with van der Waals surface area (Å²) in [5.74, 6) is -1.25. The van der Waals surface area contributed by atoms with E-state index in [1.807, 2.05) is 0 Å². The Balaban J connectivity index is 2.44. The molecule has 1 aliphatic carbocycles. The molecule has 0 radical (unpaired) electrons. The van der Waals surface area contributed by atoms with Gasteiger partial charge in [-0.3, -0.25) is 0 Å². The lowest BCUT2D eigenvalue weighted by Gasteiger charge is -2.25. The Hall–Kier alpha value is -1.10. The van der Waals surface area contributed by atoms with Crippen molar-refractivity contribution in [1.29, 1.82) is 0 Å². The number of alkyl halides is 3. The van der Waals surface area contributed by atoms with Crippen LogP contribution in [0, 0.1) is 5.82 Å². The Kier molecular flexibility index (Phi) is 2.89. The molecule has 0 saturated heterocycles. The Labute approximate surface area is 96.6 Å². The van der Waals surface area contributed by atoms with Crippen LogP contribution in [-0.2, 0) is 11.7 Å². The first-order chi connectivity index (χ1) is 7.83. The Morgan fingerprint density at radius 1 is 1.12 bits per heavy atom. The summed E-state index contributed by atoms with van der Waals surface area (Å²) < 4.78 is 50.8. The molecule has 94 valence electrons. The van der Waals surface area contributed by atoms with Crippen molar-refractivity contribution in [2.45, 2.75) is 37.4 Å². The number of nitrogens with two attached hydrogens (primary N) is 1. The highest BCUT2D eigenvalue weighted by atomic mass is 19.4. The normalized spacial score (nSPS) is 19.6. The SMILES string of the molecule is NC1(c2ccc(F)c(C(F)(F)F)c2)CCCC1. The van der Waals surface area contributed by atoms with Crippen molar-refractivity contribution in [3.05, 3.63) is 35.1 Å². The molecule has 0 heterocycles. The predicted molar refractivity (Wildman–Crippen MR) is 55.7 cm³/mol. The molecule has 0 atom stereocenters. The number of hydrogen-bond donors (Lipinski definition) is 1. The third-order valence-electron chi connectivity index (χ3n) is 3.34. The molecule has 17 heavy (non-hydrogen) atoms. The molecular weight excluding hydrogens is 234 g/mol. The maximum atomic E-state index is 13.1. The highest BCUT2D eigenvalue weighted by molar-refractivity contribution is 5.32. The summed E-state index contributed by atoms with van der Waals surface area (Å²) in [5.41, 5.74) is 4.47. The zero-order valence-electron chi connectivity index (χ0n) is 9.15. The van der Waals surface area contributed by atoms with E-state index < -0.39 is 23.1 Å². The van der Waals surface area contributed by atoms with E-state index in [2.05, 4.69) is 0 Å². The summed E-state index contributed by atoms with van der Waals surface area (Å²) in [7, 11) is 0. The lowest BCUT2D eigenvalue weighted by atomic mass is 9.88. The van der Waals surface area contributed by atoms with Crippen LogP contribution in [0.15, 0.2) is 18.2 Å². The second-order valence-electron chi connectivity index (χ2n) is 4.56. The zero-order chi connectivity index (χ0) is 12.7. The average Bonchev–Trinajstić information content (AvgIpc) is 2.65. The van der Waals surface area contributed by atoms with Crippen LogP contribution in [0.2, 0.25) is 0 Å². The van der Waals surface area contributed by atoms with Gasteiger partial charge >= 0.3 is 6.18 Å². The largest absolute Gasteiger partial charge is 0.419 e. The fourth-order valence-electron chi connectivity index (χ4n) is 2.35. The molecule has 1 fully saturated rings. The van der Waals surface area contributed by atoms with Crippen molar-refractivity contribution in [1.82, 2.24) is 0 Å². The van der Waals surface area contributed by atoms with Crippen molar-refractivity contribution < 1.29 is 17.6 Å². The molecule has 2 N–H and O–H groups in total. The molecule has 1 aromatic carbocycles. The summed E-state index contributed by atoms with van der Waals surface area (Å²) in [4.78, 5) is 0. The van der Waals surface area contributed by atoms with Crippen molar-refractivity contribution >= 4 is 0 Å². The molecule has 1 aliphatic rings. The highest BCUT2D eigenvalue weighted by Crippen LogP contribution is 2.39. The van der Waals surface area contributed by atoms with Gasteiger partial charge in [0, 0.05) is 5.54 Å². The van der Waals surface area contributed by atoms with Gasteiger partial charge in [0.1, 0.15) is 5.82 Å². The van der Waals surface area contributed by atoms with Gasteiger partial charge in [0.2, 0.25) is 0 Å². The fourth-order valence-corrected chi connectivity index (χ4v) is 2.35. The van der Waals surface area contributed by atoms with Gasteiger partial charge in [-0.2, -0.15) is 13.2 Å². The van der Waals surface area contributed by atoms with Gasteiger partial charge in [-0.1, -0.05) is 18.9 Å². The molecule has 1 nitrogen and oxygen atoms in total. The predicted octanol–water partition coefficient (Wildman–Crippen LogP) is 3.57. The van der Waals surface area contributed by atoms with Crippen LogP contribution in [0.1, 0.15) is 36.8 Å². The molecular formula is C12H13F4N. The number of hydrogen-bond acceptors (Lipinski definition) is 1. The summed E-state index contributed by atoms with van der Waals surface area (Å²) in [6.07, 6.45) is -1.58. The van der Waals surface area contributed by atoms with Crippen LogP contribution in [0.3, 0.4) is 0 Å². The Morgan fingerprint density at radius 3 is 2.24 bits per heavy atom. The van der Waals surface area contributed by atoms with Crippen molar-refractivity contribution in [3.8, 4) is 0 Å². The molecule has 5 heteroatoms. The molecule has 1 saturated carbocycles. The Bertz CT molecular complexity index is 419. The van der Waals surface area contributed by atoms with Gasteiger partial charge in [-0.25, -0.2) is 4.39 Å².